The largest absolute Gasteiger partial charge is 0.0867 e. The summed E-state index contributed by atoms with van der Waals surface area (Å²) < 4.78 is 0. The lowest BCUT2D eigenvalue weighted by atomic mass is 9.33. The molecule has 7 aliphatic carbocycles. The summed E-state index contributed by atoms with van der Waals surface area (Å²) >= 11 is 0. The van der Waals surface area contributed by atoms with E-state index in [4.69, 9.17) is 5.53 Å². The Morgan fingerprint density at radius 2 is 1.53 bits per heavy atom. The first-order chi connectivity index (χ1) is 8.32. The Morgan fingerprint density at radius 1 is 0.882 bits per heavy atom. The molecule has 0 radical (unpaired) electrons. The Labute approximate surface area is 102 Å². The minimum Gasteiger partial charge on any atom is -0.0867 e. The molecule has 3 nitrogen and oxygen atoms in total. The molecule has 7 saturated carbocycles. The van der Waals surface area contributed by atoms with Crippen LogP contribution in [0.5, 0.6) is 0 Å². The van der Waals surface area contributed by atoms with Gasteiger partial charge in [0.15, 0.2) is 0 Å². The molecule has 0 aliphatic heterocycles. The second kappa shape index (κ2) is 2.66. The maximum Gasteiger partial charge on any atom is 0.0552 e. The zero-order valence-electron chi connectivity index (χ0n) is 10.1. The molecule has 90 valence electrons. The number of hydrogen-bond acceptors (Lipinski definition) is 1. The molecule has 3 heteroatoms. The Kier molecular flexibility index (Phi) is 1.45. The molecule has 0 heterocycles. The Morgan fingerprint density at radius 3 is 2.18 bits per heavy atom. The van der Waals surface area contributed by atoms with Crippen molar-refractivity contribution in [3.8, 4) is 0 Å². The monoisotopic (exact) mass is 229 g/mol. The highest BCUT2D eigenvalue weighted by atomic mass is 15.2. The fourth-order valence-corrected chi connectivity index (χ4v) is 7.18. The van der Waals surface area contributed by atoms with Gasteiger partial charge in [0, 0.05) is 4.91 Å². The summed E-state index contributed by atoms with van der Waals surface area (Å²) in [6, 6.07) is 0. The van der Waals surface area contributed by atoms with Gasteiger partial charge >= 0.3 is 0 Å². The van der Waals surface area contributed by atoms with Crippen molar-refractivity contribution in [2.45, 2.75) is 44.1 Å². The quantitative estimate of drug-likeness (QED) is 0.373. The van der Waals surface area contributed by atoms with E-state index < -0.39 is 0 Å². The van der Waals surface area contributed by atoms with Crippen LogP contribution in [0.3, 0.4) is 0 Å². The van der Waals surface area contributed by atoms with E-state index in [1.165, 1.54) is 38.5 Å². The Balaban J connectivity index is 1.73. The third-order valence-corrected chi connectivity index (χ3v) is 7.26. The first kappa shape index (κ1) is 9.27. The van der Waals surface area contributed by atoms with Gasteiger partial charge in [-0.15, -0.1) is 0 Å². The highest BCUT2D eigenvalue weighted by molar-refractivity contribution is 5.22. The fraction of sp³-hybridized carbons (Fsp3) is 1.00. The van der Waals surface area contributed by atoms with Gasteiger partial charge in [-0.3, -0.25) is 0 Å². The lowest BCUT2D eigenvalue weighted by molar-refractivity contribution is -0.214. The van der Waals surface area contributed by atoms with E-state index in [0.717, 1.165) is 41.4 Å². The van der Waals surface area contributed by atoms with Crippen LogP contribution in [0, 0.1) is 41.4 Å². The van der Waals surface area contributed by atoms with Crippen LogP contribution >= 0.6 is 0 Å². The zero-order valence-corrected chi connectivity index (χ0v) is 10.1. The van der Waals surface area contributed by atoms with Crippen LogP contribution in [0.2, 0.25) is 0 Å². The average Bonchev–Trinajstić information content (AvgIpc) is 2.35. The molecule has 0 aromatic rings. The Bertz CT molecular complexity index is 415. The standard InChI is InChI=1S/C14H19N3/c15-17-16-14-6-8-2-10-9-1-7(4-12(10)14)5-13(14)11(9)3-8/h7-13H,1-6H2/t7?,8?,9?,10-,11?,12?,13?,14?/m0/s1. The number of azide groups is 1. The molecule has 7 fully saturated rings. The average molecular weight is 229 g/mol. The molecule has 7 unspecified atom stereocenters. The molecule has 0 N–H and O–H groups in total. The van der Waals surface area contributed by atoms with Gasteiger partial charge in [0.05, 0.1) is 5.54 Å². The van der Waals surface area contributed by atoms with Gasteiger partial charge in [0.2, 0.25) is 0 Å². The summed E-state index contributed by atoms with van der Waals surface area (Å²) in [4.78, 5) is 3.27. The SMILES string of the molecule is [N-]=[N+]=NC12CC3CC4C5CC(CC41)CC2[C@H]5C3. The normalized spacial score (nSPS) is 65.1. The molecule has 0 aromatic carbocycles. The molecule has 0 aromatic heterocycles. The predicted octanol–water partition coefficient (Wildman–Crippen LogP) is 3.76. The number of hydrogen-bond donors (Lipinski definition) is 0. The van der Waals surface area contributed by atoms with E-state index in [0.29, 0.717) is 0 Å². The second-order valence-corrected chi connectivity index (χ2v) is 7.50. The van der Waals surface area contributed by atoms with Gasteiger partial charge in [0.25, 0.3) is 0 Å². The lowest BCUT2D eigenvalue weighted by Gasteiger charge is -2.73. The second-order valence-electron chi connectivity index (χ2n) is 7.50. The van der Waals surface area contributed by atoms with Crippen molar-refractivity contribution in [2.24, 2.45) is 46.5 Å². The van der Waals surface area contributed by atoms with Gasteiger partial charge in [-0.05, 0) is 85.5 Å². The molecular weight excluding hydrogens is 210 g/mol. The van der Waals surface area contributed by atoms with Gasteiger partial charge in [0.1, 0.15) is 0 Å². The summed E-state index contributed by atoms with van der Waals surface area (Å²) in [7, 11) is 0. The van der Waals surface area contributed by atoms with Gasteiger partial charge in [-0.2, -0.15) is 0 Å². The van der Waals surface area contributed by atoms with E-state index in [-0.39, 0.29) is 5.54 Å². The summed E-state index contributed by atoms with van der Waals surface area (Å²) in [5.41, 5.74) is 9.10. The van der Waals surface area contributed by atoms with Crippen molar-refractivity contribution in [1.29, 1.82) is 0 Å². The van der Waals surface area contributed by atoms with Crippen LogP contribution in [0.25, 0.3) is 10.4 Å². The molecule has 0 spiro atoms. The fourth-order valence-electron chi connectivity index (χ4n) is 7.18. The van der Waals surface area contributed by atoms with Crippen LogP contribution in [0.1, 0.15) is 38.5 Å². The van der Waals surface area contributed by atoms with Crippen molar-refractivity contribution in [3.05, 3.63) is 10.4 Å². The van der Waals surface area contributed by atoms with Gasteiger partial charge in [-0.1, -0.05) is 5.11 Å². The van der Waals surface area contributed by atoms with Crippen molar-refractivity contribution >= 4 is 0 Å². The highest BCUT2D eigenvalue weighted by Gasteiger charge is 2.69. The van der Waals surface area contributed by atoms with E-state index in [1.807, 2.05) is 0 Å². The molecular formula is C14H19N3. The first-order valence-electron chi connectivity index (χ1n) is 7.38. The van der Waals surface area contributed by atoms with E-state index >= 15 is 0 Å². The minimum absolute atomic E-state index is 0.0820. The summed E-state index contributed by atoms with van der Waals surface area (Å²) in [5, 5.41) is 4.44. The molecule has 8 atom stereocenters. The topological polar surface area (TPSA) is 48.8 Å². The maximum absolute atomic E-state index is 9.02. The van der Waals surface area contributed by atoms with Crippen molar-refractivity contribution in [2.75, 3.05) is 0 Å². The van der Waals surface area contributed by atoms with E-state index in [1.54, 1.807) is 0 Å². The van der Waals surface area contributed by atoms with Gasteiger partial charge < -0.3 is 0 Å². The van der Waals surface area contributed by atoms with Gasteiger partial charge in [-0.25, -0.2) is 0 Å². The number of nitrogens with zero attached hydrogens (tertiary/aromatic N) is 3. The van der Waals surface area contributed by atoms with E-state index in [9.17, 15) is 0 Å². The molecule has 8 bridgehead atoms. The van der Waals surface area contributed by atoms with E-state index in [2.05, 4.69) is 10.0 Å². The molecule has 7 rings (SSSR count). The lowest BCUT2D eigenvalue weighted by Crippen LogP contribution is -2.70. The Hall–Kier alpha value is -0.690. The maximum atomic E-state index is 9.02. The molecule has 17 heavy (non-hydrogen) atoms. The highest BCUT2D eigenvalue weighted by Crippen LogP contribution is 2.73. The van der Waals surface area contributed by atoms with Crippen LogP contribution < -0.4 is 0 Å². The summed E-state index contributed by atoms with van der Waals surface area (Å²) in [6.45, 7) is 0. The van der Waals surface area contributed by atoms with Crippen LogP contribution in [-0.4, -0.2) is 5.54 Å². The van der Waals surface area contributed by atoms with Crippen molar-refractivity contribution in [1.82, 2.24) is 0 Å². The van der Waals surface area contributed by atoms with Crippen LogP contribution in [-0.2, 0) is 0 Å². The van der Waals surface area contributed by atoms with Crippen LogP contribution in [0.15, 0.2) is 5.11 Å². The molecule has 0 amide bonds. The third-order valence-electron chi connectivity index (χ3n) is 7.26. The molecule has 7 aliphatic rings. The van der Waals surface area contributed by atoms with Crippen molar-refractivity contribution in [3.63, 3.8) is 0 Å². The smallest absolute Gasteiger partial charge is 0.0552 e. The van der Waals surface area contributed by atoms with Crippen LogP contribution in [0.4, 0.5) is 0 Å². The molecule has 0 saturated heterocycles. The minimum atomic E-state index is 0.0820. The third kappa shape index (κ3) is 0.855. The summed E-state index contributed by atoms with van der Waals surface area (Å²) in [6.07, 6.45) is 8.45. The van der Waals surface area contributed by atoms with Crippen molar-refractivity contribution < 1.29 is 0 Å². The summed E-state index contributed by atoms with van der Waals surface area (Å²) in [5.74, 6) is 6.32. The predicted molar refractivity (Wildman–Crippen MR) is 64.0 cm³/mol. The zero-order chi connectivity index (χ0) is 11.2. The number of rotatable bonds is 1. The first-order valence-corrected chi connectivity index (χ1v) is 7.38.